The Kier molecular flexibility index (Phi) is 1.71. The first-order chi connectivity index (χ1) is 7.04. The molecule has 1 aliphatic carbocycles. The molecule has 1 fully saturated rings. The number of carbonyl (C=O) groups is 2. The largest absolute Gasteiger partial charge is 0.337 e. The molecule has 1 aromatic rings. The fourth-order valence-electron chi connectivity index (χ4n) is 1.78. The molecule has 2 unspecified atom stereocenters. The number of Topliss-reactive ketones (excluding diaryl/α,β-unsaturated/α-hetero) is 2. The molecule has 3 rings (SSSR count). The summed E-state index contributed by atoms with van der Waals surface area (Å²) in [7, 11) is 0. The second-order valence-corrected chi connectivity index (χ2v) is 5.14. The average molecular weight is 287 g/mol. The van der Waals surface area contributed by atoms with Crippen LogP contribution in [-0.4, -0.2) is 22.2 Å². The van der Waals surface area contributed by atoms with E-state index in [1.165, 1.54) is 6.07 Å². The number of halogens is 2. The number of fused-ring (bicyclic) bond motifs is 2. The van der Waals surface area contributed by atoms with Crippen LogP contribution in [-0.2, 0) is 4.74 Å². The van der Waals surface area contributed by atoms with Crippen LogP contribution in [0.3, 0.4) is 0 Å². The maximum absolute atomic E-state index is 11.9. The number of benzene rings is 1. The predicted octanol–water partition coefficient (Wildman–Crippen LogP) is 2.21. The highest BCUT2D eigenvalue weighted by Gasteiger charge is 2.67. The Balaban J connectivity index is 2.25. The van der Waals surface area contributed by atoms with Crippen LogP contribution in [0.5, 0.6) is 0 Å². The van der Waals surface area contributed by atoms with E-state index in [1.807, 2.05) is 0 Å². The number of epoxide rings is 1. The lowest BCUT2D eigenvalue weighted by molar-refractivity contribution is 0.0914. The first-order valence-corrected chi connectivity index (χ1v) is 5.46. The number of rotatable bonds is 0. The number of carbonyl (C=O) groups excluding carboxylic acids is 2. The van der Waals surface area contributed by atoms with E-state index in [4.69, 9.17) is 16.3 Å². The SMILES string of the molecule is O=C1c2cc(Cl)ccc2C(=O)C2(Br)OC12. The fraction of sp³-hybridized carbons (Fsp3) is 0.200. The monoisotopic (exact) mass is 286 g/mol. The maximum atomic E-state index is 11.9. The third-order valence-corrected chi connectivity index (χ3v) is 3.81. The van der Waals surface area contributed by atoms with Crippen molar-refractivity contribution in [3.63, 3.8) is 0 Å². The molecule has 3 nitrogen and oxygen atoms in total. The lowest BCUT2D eigenvalue weighted by Crippen LogP contribution is -2.32. The van der Waals surface area contributed by atoms with Crippen LogP contribution in [0.1, 0.15) is 20.7 Å². The number of alkyl halides is 1. The topological polar surface area (TPSA) is 46.7 Å². The molecular weight excluding hydrogens is 283 g/mol. The van der Waals surface area contributed by atoms with Crippen LogP contribution in [0, 0.1) is 0 Å². The van der Waals surface area contributed by atoms with Gasteiger partial charge in [-0.1, -0.05) is 11.6 Å². The number of hydrogen-bond donors (Lipinski definition) is 0. The summed E-state index contributed by atoms with van der Waals surface area (Å²) < 4.78 is 3.98. The molecule has 0 N–H and O–H groups in total. The molecule has 5 heteroatoms. The second-order valence-electron chi connectivity index (χ2n) is 3.53. The van der Waals surface area contributed by atoms with Crippen molar-refractivity contribution in [1.29, 1.82) is 0 Å². The van der Waals surface area contributed by atoms with Crippen molar-refractivity contribution in [3.05, 3.63) is 34.3 Å². The van der Waals surface area contributed by atoms with E-state index in [-0.39, 0.29) is 11.6 Å². The molecule has 0 bridgehead atoms. The molecule has 0 aromatic heterocycles. The molecule has 1 aliphatic heterocycles. The van der Waals surface area contributed by atoms with Gasteiger partial charge in [-0.05, 0) is 34.1 Å². The molecule has 0 radical (unpaired) electrons. The minimum absolute atomic E-state index is 0.191. The second kappa shape index (κ2) is 2.70. The Morgan fingerprint density at radius 3 is 2.80 bits per heavy atom. The zero-order valence-electron chi connectivity index (χ0n) is 7.29. The maximum Gasteiger partial charge on any atom is 0.220 e. The molecule has 76 valence electrons. The van der Waals surface area contributed by atoms with Gasteiger partial charge in [-0.25, -0.2) is 0 Å². The van der Waals surface area contributed by atoms with Gasteiger partial charge in [0.1, 0.15) is 0 Å². The summed E-state index contributed by atoms with van der Waals surface area (Å²) >= 11 is 8.90. The first kappa shape index (κ1) is 9.51. The van der Waals surface area contributed by atoms with Crippen LogP contribution in [0.4, 0.5) is 0 Å². The lowest BCUT2D eigenvalue weighted by atomic mass is 9.90. The van der Waals surface area contributed by atoms with Gasteiger partial charge in [0.15, 0.2) is 11.9 Å². The Labute approximate surface area is 98.5 Å². The lowest BCUT2D eigenvalue weighted by Gasteiger charge is -2.13. The van der Waals surface area contributed by atoms with Gasteiger partial charge in [-0.3, -0.25) is 9.59 Å². The molecular formula is C10H4BrClO3. The van der Waals surface area contributed by atoms with Crippen molar-refractivity contribution in [1.82, 2.24) is 0 Å². The zero-order valence-corrected chi connectivity index (χ0v) is 9.63. The normalized spacial score (nSPS) is 32.3. The van der Waals surface area contributed by atoms with Crippen LogP contribution in [0.25, 0.3) is 0 Å². The molecule has 15 heavy (non-hydrogen) atoms. The van der Waals surface area contributed by atoms with E-state index in [2.05, 4.69) is 15.9 Å². The van der Waals surface area contributed by atoms with Gasteiger partial charge in [0.05, 0.1) is 0 Å². The first-order valence-electron chi connectivity index (χ1n) is 4.29. The van der Waals surface area contributed by atoms with Gasteiger partial charge >= 0.3 is 0 Å². The van der Waals surface area contributed by atoms with Gasteiger partial charge in [0.25, 0.3) is 0 Å². The van der Waals surface area contributed by atoms with Crippen molar-refractivity contribution in [2.75, 3.05) is 0 Å². The highest BCUT2D eigenvalue weighted by molar-refractivity contribution is 9.10. The average Bonchev–Trinajstić information content (AvgIpc) is 2.89. The van der Waals surface area contributed by atoms with E-state index >= 15 is 0 Å². The fourth-order valence-corrected chi connectivity index (χ4v) is 2.56. The van der Waals surface area contributed by atoms with E-state index in [0.29, 0.717) is 16.1 Å². The van der Waals surface area contributed by atoms with Gasteiger partial charge in [-0.15, -0.1) is 0 Å². The molecule has 0 saturated carbocycles. The van der Waals surface area contributed by atoms with E-state index in [9.17, 15) is 9.59 Å². The summed E-state index contributed by atoms with van der Waals surface area (Å²) in [4.78, 5) is 23.7. The van der Waals surface area contributed by atoms with Crippen molar-refractivity contribution in [2.24, 2.45) is 0 Å². The highest BCUT2D eigenvalue weighted by Crippen LogP contribution is 2.50. The summed E-state index contributed by atoms with van der Waals surface area (Å²) in [5.74, 6) is -0.400. The standard InChI is InChI=1S/C10H4BrClO3/c11-10-8(14)5-2-1-4(12)3-6(5)7(13)9(10)15-10/h1-3,9H. The van der Waals surface area contributed by atoms with Crippen molar-refractivity contribution >= 4 is 39.1 Å². The third kappa shape index (κ3) is 1.10. The van der Waals surface area contributed by atoms with Gasteiger partial charge < -0.3 is 4.74 Å². The summed E-state index contributed by atoms with van der Waals surface area (Å²) in [6.07, 6.45) is -0.684. The van der Waals surface area contributed by atoms with Gasteiger partial charge in [-0.2, -0.15) is 0 Å². The predicted molar refractivity (Wildman–Crippen MR) is 56.6 cm³/mol. The van der Waals surface area contributed by atoms with E-state index < -0.39 is 10.6 Å². The van der Waals surface area contributed by atoms with Crippen LogP contribution < -0.4 is 0 Å². The minimum Gasteiger partial charge on any atom is -0.337 e. The Hall–Kier alpha value is -0.710. The summed E-state index contributed by atoms with van der Waals surface area (Å²) in [5, 5.41) is 0.442. The smallest absolute Gasteiger partial charge is 0.220 e. The quantitative estimate of drug-likeness (QED) is 0.543. The van der Waals surface area contributed by atoms with Crippen LogP contribution in [0.15, 0.2) is 18.2 Å². The van der Waals surface area contributed by atoms with Gasteiger partial charge in [0, 0.05) is 16.1 Å². The zero-order chi connectivity index (χ0) is 10.8. The number of hydrogen-bond acceptors (Lipinski definition) is 3. The number of ether oxygens (including phenoxy) is 1. The third-order valence-electron chi connectivity index (χ3n) is 2.61. The minimum atomic E-state index is -1.11. The summed E-state index contributed by atoms with van der Waals surface area (Å²) in [5.41, 5.74) is 0.722. The van der Waals surface area contributed by atoms with E-state index in [1.54, 1.807) is 12.1 Å². The Morgan fingerprint density at radius 2 is 2.07 bits per heavy atom. The molecule has 2 aliphatic rings. The van der Waals surface area contributed by atoms with Crippen LogP contribution >= 0.6 is 27.5 Å². The van der Waals surface area contributed by atoms with Crippen LogP contribution in [0.2, 0.25) is 5.02 Å². The molecule has 2 atom stereocenters. The Bertz CT molecular complexity index is 513. The molecule has 0 amide bonds. The molecule has 1 aromatic carbocycles. The van der Waals surface area contributed by atoms with E-state index in [0.717, 1.165) is 0 Å². The molecule has 1 heterocycles. The summed E-state index contributed by atoms with van der Waals surface area (Å²) in [6, 6.07) is 4.65. The van der Waals surface area contributed by atoms with Crippen molar-refractivity contribution < 1.29 is 14.3 Å². The Morgan fingerprint density at radius 1 is 1.33 bits per heavy atom. The molecule has 1 saturated heterocycles. The van der Waals surface area contributed by atoms with Gasteiger partial charge in [0.2, 0.25) is 10.3 Å². The number of ketones is 2. The molecule has 0 spiro atoms. The van der Waals surface area contributed by atoms with Crippen molar-refractivity contribution in [3.8, 4) is 0 Å². The highest BCUT2D eigenvalue weighted by atomic mass is 79.9. The summed E-state index contributed by atoms with van der Waals surface area (Å²) in [6.45, 7) is 0. The van der Waals surface area contributed by atoms with Crippen molar-refractivity contribution in [2.45, 2.75) is 10.6 Å².